The van der Waals surface area contributed by atoms with Gasteiger partial charge in [0, 0.05) is 3.57 Å². The van der Waals surface area contributed by atoms with Crippen LogP contribution < -0.4 is 0 Å². The average molecular weight is 986 g/mol. The molecule has 0 aliphatic heterocycles. The fourth-order valence-electron chi connectivity index (χ4n) is 7.83. The maximum absolute atomic E-state index is 10.9. The normalized spacial score (nSPS) is 16.6. The molecular formula is C61H56IN5. The highest BCUT2D eigenvalue weighted by Gasteiger charge is 2.22. The van der Waals surface area contributed by atoms with Crippen molar-refractivity contribution in [2.75, 3.05) is 0 Å². The van der Waals surface area contributed by atoms with E-state index < -0.39 is 0 Å². The molecule has 1 aliphatic rings. The lowest BCUT2D eigenvalue weighted by Gasteiger charge is -2.22. The van der Waals surface area contributed by atoms with Crippen molar-refractivity contribution >= 4 is 81.2 Å². The fraction of sp³-hybridized carbons (Fsp3) is 0.262. The van der Waals surface area contributed by atoms with E-state index in [1.54, 1.807) is 0 Å². The van der Waals surface area contributed by atoms with E-state index in [0.29, 0.717) is 39.4 Å². The van der Waals surface area contributed by atoms with Gasteiger partial charge in [0.25, 0.3) is 0 Å². The highest BCUT2D eigenvalue weighted by Crippen LogP contribution is 2.37. The van der Waals surface area contributed by atoms with Gasteiger partial charge in [0.15, 0.2) is 17.1 Å². The van der Waals surface area contributed by atoms with E-state index in [1.807, 2.05) is 72.8 Å². The molecule has 0 radical (unpaired) electrons. The summed E-state index contributed by atoms with van der Waals surface area (Å²) in [6.07, 6.45) is 9.42. The zero-order valence-corrected chi connectivity index (χ0v) is 42.8. The van der Waals surface area contributed by atoms with Gasteiger partial charge in [-0.2, -0.15) is 10.5 Å². The zero-order valence-electron chi connectivity index (χ0n) is 40.7. The highest BCUT2D eigenvalue weighted by atomic mass is 127. The minimum absolute atomic E-state index is 0.272. The van der Waals surface area contributed by atoms with Gasteiger partial charge in [0.1, 0.15) is 0 Å². The summed E-state index contributed by atoms with van der Waals surface area (Å²) in [6.45, 7) is 51.1. The number of hydrogen-bond donors (Lipinski definition) is 0. The summed E-state index contributed by atoms with van der Waals surface area (Å²) in [6, 6.07) is 35.3. The van der Waals surface area contributed by atoms with E-state index >= 15 is 0 Å². The minimum atomic E-state index is -0.281. The van der Waals surface area contributed by atoms with Crippen LogP contribution in [0.4, 0.5) is 0 Å². The Balaban J connectivity index is 1.77. The highest BCUT2D eigenvalue weighted by molar-refractivity contribution is 14.1. The molecule has 6 rings (SSSR count). The van der Waals surface area contributed by atoms with Crippen molar-refractivity contribution in [1.82, 2.24) is 0 Å². The van der Waals surface area contributed by atoms with E-state index in [2.05, 4.69) is 181 Å². The summed E-state index contributed by atoms with van der Waals surface area (Å²) >= 11 is 2.26. The number of nitriles is 2. The lowest BCUT2D eigenvalue weighted by atomic mass is 9.83. The molecule has 0 unspecified atom stereocenters. The van der Waals surface area contributed by atoms with Crippen LogP contribution in [0.5, 0.6) is 0 Å². The Kier molecular flexibility index (Phi) is 14.1. The second-order valence-corrected chi connectivity index (χ2v) is 22.7. The Morgan fingerprint density at radius 2 is 0.612 bits per heavy atom. The Morgan fingerprint density at radius 1 is 0.358 bits per heavy atom. The Hall–Kier alpha value is -7.02. The molecule has 0 heterocycles. The zero-order chi connectivity index (χ0) is 49.2. The van der Waals surface area contributed by atoms with Gasteiger partial charge >= 0.3 is 0 Å². The molecule has 5 aromatic carbocycles. The van der Waals surface area contributed by atoms with Crippen molar-refractivity contribution in [3.8, 4) is 12.1 Å². The lowest BCUT2D eigenvalue weighted by molar-refractivity contribution is 0.589. The molecule has 0 saturated heterocycles. The smallest absolute Gasteiger partial charge is 0.194 e. The molecule has 5 nitrogen and oxygen atoms in total. The fourth-order valence-corrected chi connectivity index (χ4v) is 8.53. The molecule has 0 saturated carbocycles. The molecule has 0 fully saturated rings. The van der Waals surface area contributed by atoms with Crippen LogP contribution in [0.1, 0.15) is 161 Å². The number of allylic oxidation sites excluding steroid dienone is 2. The number of benzene rings is 5. The predicted octanol–water partition coefficient (Wildman–Crippen LogP) is 17.2. The molecule has 332 valence electrons. The predicted molar refractivity (Wildman–Crippen MR) is 290 cm³/mol. The molecule has 0 atom stereocenters. The molecule has 10 bridgehead atoms. The van der Waals surface area contributed by atoms with Crippen LogP contribution in [0, 0.1) is 45.9 Å². The maximum Gasteiger partial charge on any atom is 0.194 e. The van der Waals surface area contributed by atoms with Crippen molar-refractivity contribution in [2.45, 2.75) is 105 Å². The van der Waals surface area contributed by atoms with Crippen molar-refractivity contribution in [2.24, 2.45) is 0 Å². The maximum atomic E-state index is 10.9. The Labute approximate surface area is 412 Å². The molecule has 67 heavy (non-hydrogen) atoms. The largest absolute Gasteiger partial charge is 0.238 e. The van der Waals surface area contributed by atoms with Crippen LogP contribution in [-0.2, 0) is 21.7 Å². The Bertz CT molecular complexity index is 3190. The summed E-state index contributed by atoms with van der Waals surface area (Å²) < 4.78 is 0.904. The Morgan fingerprint density at radius 3 is 0.896 bits per heavy atom. The number of hydrogen-bond acceptors (Lipinski definition) is 2. The lowest BCUT2D eigenvalue weighted by Crippen LogP contribution is -2.12. The quantitative estimate of drug-likeness (QED) is 0.115. The standard InChI is InChI=1S/C61H56IN5/c1-58(2,3)50-23-38-16-43(31-50)48(36-63)22-39-18-45(32-51(24-39)59(4,5)6)55(65-13)28-40-19-46(33-52(25-40)60(7,8)9)56(66-14)29-41-20-47(34-53(26-41)61(10,11)12)57(67-15)30-42-17-44(35-54(62)27-42)49(21-38)37-64/h16-35H,1-12H3/b48-22?,49-21+,55-28-,56-29-,57-30-. The summed E-state index contributed by atoms with van der Waals surface area (Å²) in [5.41, 5.74) is 12.6. The van der Waals surface area contributed by atoms with E-state index in [4.69, 9.17) is 19.7 Å². The summed E-state index contributed by atoms with van der Waals surface area (Å²) in [5, 5.41) is 21.6. The third-order valence-corrected chi connectivity index (χ3v) is 12.5. The van der Waals surface area contributed by atoms with Gasteiger partial charge in [-0.05, 0) is 183 Å². The van der Waals surface area contributed by atoms with E-state index in [-0.39, 0.29) is 21.7 Å². The molecular weight excluding hydrogens is 930 g/mol. The van der Waals surface area contributed by atoms with Crippen LogP contribution in [0.25, 0.3) is 73.2 Å². The summed E-state index contributed by atoms with van der Waals surface area (Å²) in [5.74, 6) is 0. The number of halogens is 1. The van der Waals surface area contributed by atoms with Gasteiger partial charge in [-0.25, -0.2) is 14.5 Å². The molecule has 5 aromatic rings. The van der Waals surface area contributed by atoms with E-state index in [9.17, 15) is 10.5 Å². The third-order valence-electron chi connectivity index (χ3n) is 11.8. The second kappa shape index (κ2) is 19.1. The minimum Gasteiger partial charge on any atom is -0.238 e. The van der Waals surface area contributed by atoms with E-state index in [1.165, 1.54) is 0 Å². The van der Waals surface area contributed by atoms with Crippen LogP contribution >= 0.6 is 22.6 Å². The van der Waals surface area contributed by atoms with Crippen molar-refractivity contribution in [3.05, 3.63) is 207 Å². The molecule has 0 amide bonds. The molecule has 6 heteroatoms. The molecule has 0 spiro atoms. The molecule has 1 aliphatic carbocycles. The number of fused-ring (bicyclic) bond motifs is 10. The summed E-state index contributed by atoms with van der Waals surface area (Å²) in [4.78, 5) is 12.3. The van der Waals surface area contributed by atoms with Crippen molar-refractivity contribution in [1.29, 1.82) is 10.5 Å². The van der Waals surface area contributed by atoms with Crippen molar-refractivity contribution < 1.29 is 0 Å². The van der Waals surface area contributed by atoms with Crippen LogP contribution in [0.2, 0.25) is 0 Å². The van der Waals surface area contributed by atoms with Gasteiger partial charge < -0.3 is 0 Å². The SMILES string of the molecule is [C-]#[N+]/C1=C\c2cc(cc(C(C)(C)C)c2)/C([N+]#[C-])=C/c2cc(cc(C(C)(C)C)c2)/C([N+]#[C-])=C/c2cc(I)cc(c2)/C(C#N)=C/c2cc(cc(C(C)(C)C)c2)C(C#N)=Cc2cc1cc(C(C)(C)C)c2. The van der Waals surface area contributed by atoms with Gasteiger partial charge in [0.2, 0.25) is 0 Å². The number of nitrogens with zero attached hydrogens (tertiary/aromatic N) is 5. The first-order valence-corrected chi connectivity index (χ1v) is 23.4. The first-order chi connectivity index (χ1) is 31.3. The van der Waals surface area contributed by atoms with Crippen LogP contribution in [0.15, 0.2) is 91.0 Å². The third kappa shape index (κ3) is 11.9. The van der Waals surface area contributed by atoms with Crippen molar-refractivity contribution in [3.63, 3.8) is 0 Å². The second-order valence-electron chi connectivity index (χ2n) is 21.4. The monoisotopic (exact) mass is 985 g/mol. The molecule has 0 aromatic heterocycles. The first-order valence-electron chi connectivity index (χ1n) is 22.3. The van der Waals surface area contributed by atoms with Gasteiger partial charge in [-0.15, -0.1) is 0 Å². The topological polar surface area (TPSA) is 60.7 Å². The van der Waals surface area contributed by atoms with Gasteiger partial charge in [-0.1, -0.05) is 144 Å². The van der Waals surface area contributed by atoms with Gasteiger partial charge in [0.05, 0.1) is 43.0 Å². The van der Waals surface area contributed by atoms with E-state index in [0.717, 1.165) is 70.3 Å². The van der Waals surface area contributed by atoms with Crippen LogP contribution in [-0.4, -0.2) is 0 Å². The van der Waals surface area contributed by atoms with Crippen LogP contribution in [0.3, 0.4) is 0 Å². The van der Waals surface area contributed by atoms with Gasteiger partial charge in [-0.3, -0.25) is 0 Å². The first kappa shape index (κ1) is 49.4. The number of rotatable bonds is 0. The summed E-state index contributed by atoms with van der Waals surface area (Å²) in [7, 11) is 0. The average Bonchev–Trinajstić information content (AvgIpc) is 3.25. The molecule has 0 N–H and O–H groups in total.